The van der Waals surface area contributed by atoms with Gasteiger partial charge in [0.2, 0.25) is 15.9 Å². The van der Waals surface area contributed by atoms with Crippen LogP contribution in [0.3, 0.4) is 0 Å². The lowest BCUT2D eigenvalue weighted by atomic mass is 9.84. The summed E-state index contributed by atoms with van der Waals surface area (Å²) in [5.74, 6) is -0.693. The lowest BCUT2D eigenvalue weighted by Crippen LogP contribution is -2.33. The molecule has 0 aliphatic rings. The number of amides is 1. The molecule has 0 saturated heterocycles. The number of para-hydroxylation sites is 1. The fourth-order valence-corrected chi connectivity index (χ4v) is 2.77. The van der Waals surface area contributed by atoms with Crippen LogP contribution in [0.4, 0.5) is 5.69 Å². The number of sulfonamides is 1. The number of anilines is 1. The number of benzene rings is 1. The number of primary sulfonamides is 1. The lowest BCUT2D eigenvalue weighted by molar-refractivity contribution is -0.120. The predicted octanol–water partition coefficient (Wildman–Crippen LogP) is 1.28. The average Bonchev–Trinajstić information content (AvgIpc) is 2.34. The number of hydrogen-bond donors (Lipinski definition) is 3. The topological polar surface area (TPSA) is 115 Å². The Kier molecular flexibility index (Phi) is 5.49. The molecule has 0 saturated carbocycles. The van der Waals surface area contributed by atoms with Gasteiger partial charge in [0.05, 0.1) is 11.6 Å². The van der Waals surface area contributed by atoms with Gasteiger partial charge in [0, 0.05) is 6.54 Å². The molecule has 1 aromatic rings. The van der Waals surface area contributed by atoms with Gasteiger partial charge >= 0.3 is 0 Å². The van der Waals surface area contributed by atoms with Crippen LogP contribution in [0, 0.1) is 11.3 Å². The molecule has 0 aromatic heterocycles. The molecule has 0 bridgehead atoms. The number of nitrogens with two attached hydrogens (primary N) is 2. The first-order valence-electron chi connectivity index (χ1n) is 6.67. The van der Waals surface area contributed by atoms with Crippen LogP contribution in [0.5, 0.6) is 0 Å². The summed E-state index contributed by atoms with van der Waals surface area (Å²) in [6.45, 7) is 6.24. The van der Waals surface area contributed by atoms with Crippen LogP contribution in [0.1, 0.15) is 27.2 Å². The van der Waals surface area contributed by atoms with E-state index in [4.69, 9.17) is 10.9 Å². The van der Waals surface area contributed by atoms with Crippen LogP contribution in [0.25, 0.3) is 0 Å². The van der Waals surface area contributed by atoms with Crippen molar-refractivity contribution in [2.45, 2.75) is 32.1 Å². The van der Waals surface area contributed by atoms with Crippen molar-refractivity contribution in [3.05, 3.63) is 24.3 Å². The van der Waals surface area contributed by atoms with Crippen molar-refractivity contribution >= 4 is 21.6 Å². The van der Waals surface area contributed by atoms with Gasteiger partial charge < -0.3 is 11.1 Å². The molecule has 0 aliphatic carbocycles. The van der Waals surface area contributed by atoms with E-state index in [1.165, 1.54) is 12.1 Å². The van der Waals surface area contributed by atoms with Crippen molar-refractivity contribution in [1.29, 1.82) is 0 Å². The minimum Gasteiger partial charge on any atom is -0.330 e. The van der Waals surface area contributed by atoms with Gasteiger partial charge in [-0.2, -0.15) is 0 Å². The maximum absolute atomic E-state index is 12.3. The molecule has 0 radical (unpaired) electrons. The third-order valence-corrected chi connectivity index (χ3v) is 3.93. The monoisotopic (exact) mass is 313 g/mol. The molecule has 118 valence electrons. The van der Waals surface area contributed by atoms with E-state index in [2.05, 4.69) is 5.32 Å². The van der Waals surface area contributed by atoms with E-state index in [9.17, 15) is 13.2 Å². The molecule has 1 unspecified atom stereocenters. The van der Waals surface area contributed by atoms with Gasteiger partial charge in [-0.05, 0) is 24.0 Å². The molecule has 0 spiro atoms. The lowest BCUT2D eigenvalue weighted by Gasteiger charge is -2.24. The van der Waals surface area contributed by atoms with E-state index < -0.39 is 15.9 Å². The molecule has 0 fully saturated rings. The maximum atomic E-state index is 12.3. The zero-order valence-electron chi connectivity index (χ0n) is 12.6. The average molecular weight is 313 g/mol. The van der Waals surface area contributed by atoms with Crippen LogP contribution < -0.4 is 16.2 Å². The highest BCUT2D eigenvalue weighted by Crippen LogP contribution is 2.26. The highest BCUT2D eigenvalue weighted by molar-refractivity contribution is 7.89. The number of hydrogen-bond acceptors (Lipinski definition) is 4. The normalized spacial score (nSPS) is 13.8. The largest absolute Gasteiger partial charge is 0.330 e. The summed E-state index contributed by atoms with van der Waals surface area (Å²) >= 11 is 0. The summed E-state index contributed by atoms with van der Waals surface area (Å²) in [5, 5.41) is 7.75. The number of carbonyl (C=O) groups excluding carboxylic acids is 1. The smallest absolute Gasteiger partial charge is 0.240 e. The maximum Gasteiger partial charge on any atom is 0.240 e. The second-order valence-electron chi connectivity index (χ2n) is 6.23. The summed E-state index contributed by atoms with van der Waals surface area (Å²) in [6.07, 6.45) is 0.604. The first-order valence-corrected chi connectivity index (χ1v) is 8.22. The summed E-state index contributed by atoms with van der Waals surface area (Å²) in [6, 6.07) is 6.03. The standard InChI is InChI=1S/C14H23N3O3S/c1-14(2,3)8-10(9-15)13(18)17-11-6-4-5-7-12(11)21(16,19)20/h4-7,10H,8-9,15H2,1-3H3,(H,17,18)(H2,16,19,20). The summed E-state index contributed by atoms with van der Waals surface area (Å²) in [5.41, 5.74) is 5.78. The van der Waals surface area contributed by atoms with Crippen molar-refractivity contribution in [3.63, 3.8) is 0 Å². The Hall–Kier alpha value is -1.44. The molecule has 6 nitrogen and oxygen atoms in total. The van der Waals surface area contributed by atoms with Crippen LogP contribution >= 0.6 is 0 Å². The van der Waals surface area contributed by atoms with E-state index >= 15 is 0 Å². The molecule has 21 heavy (non-hydrogen) atoms. The van der Waals surface area contributed by atoms with Crippen molar-refractivity contribution in [3.8, 4) is 0 Å². The van der Waals surface area contributed by atoms with Crippen molar-refractivity contribution in [2.75, 3.05) is 11.9 Å². The molecular formula is C14H23N3O3S. The first kappa shape index (κ1) is 17.6. The van der Waals surface area contributed by atoms with Gasteiger partial charge in [-0.25, -0.2) is 13.6 Å². The van der Waals surface area contributed by atoms with Crippen LogP contribution in [0.15, 0.2) is 29.2 Å². The summed E-state index contributed by atoms with van der Waals surface area (Å²) < 4.78 is 23.0. The number of nitrogens with one attached hydrogen (secondary N) is 1. The predicted molar refractivity (Wildman–Crippen MR) is 83.1 cm³/mol. The summed E-state index contributed by atoms with van der Waals surface area (Å²) in [7, 11) is -3.89. The third kappa shape index (κ3) is 5.45. The van der Waals surface area contributed by atoms with E-state index in [1.807, 2.05) is 20.8 Å². The zero-order valence-corrected chi connectivity index (χ0v) is 13.4. The van der Waals surface area contributed by atoms with E-state index in [0.717, 1.165) is 0 Å². The minimum absolute atomic E-state index is 0.0547. The first-order chi connectivity index (χ1) is 9.54. The van der Waals surface area contributed by atoms with Gasteiger partial charge in [-0.15, -0.1) is 0 Å². The minimum atomic E-state index is -3.89. The molecule has 7 heteroatoms. The third-order valence-electron chi connectivity index (χ3n) is 2.97. The Morgan fingerprint density at radius 1 is 1.29 bits per heavy atom. The molecule has 5 N–H and O–H groups in total. The Balaban J connectivity index is 2.98. The second kappa shape index (κ2) is 6.55. The van der Waals surface area contributed by atoms with E-state index in [1.54, 1.807) is 12.1 Å². The van der Waals surface area contributed by atoms with Crippen LogP contribution in [-0.2, 0) is 14.8 Å². The Morgan fingerprint density at radius 3 is 2.33 bits per heavy atom. The molecule has 1 rings (SSSR count). The van der Waals surface area contributed by atoms with Crippen molar-refractivity contribution in [2.24, 2.45) is 22.2 Å². The Morgan fingerprint density at radius 2 is 1.86 bits per heavy atom. The Bertz CT molecular complexity index is 606. The second-order valence-corrected chi connectivity index (χ2v) is 7.76. The van der Waals surface area contributed by atoms with Crippen molar-refractivity contribution in [1.82, 2.24) is 0 Å². The Labute approximate surface area is 126 Å². The SMILES string of the molecule is CC(C)(C)CC(CN)C(=O)Nc1ccccc1S(N)(=O)=O. The summed E-state index contributed by atoms with van der Waals surface area (Å²) in [4.78, 5) is 12.2. The molecule has 0 heterocycles. The number of rotatable bonds is 5. The van der Waals surface area contributed by atoms with Crippen LogP contribution in [0.2, 0.25) is 0 Å². The van der Waals surface area contributed by atoms with Gasteiger partial charge in [0.25, 0.3) is 0 Å². The fraction of sp³-hybridized carbons (Fsp3) is 0.500. The number of carbonyl (C=O) groups is 1. The van der Waals surface area contributed by atoms with Crippen molar-refractivity contribution < 1.29 is 13.2 Å². The van der Waals surface area contributed by atoms with Gasteiger partial charge in [0.1, 0.15) is 4.90 Å². The molecule has 0 aliphatic heterocycles. The zero-order chi connectivity index (χ0) is 16.3. The van der Waals surface area contributed by atoms with Gasteiger partial charge in [-0.1, -0.05) is 32.9 Å². The van der Waals surface area contributed by atoms with Gasteiger partial charge in [0.15, 0.2) is 0 Å². The molecule has 1 atom stereocenters. The molecular weight excluding hydrogens is 290 g/mol. The highest BCUT2D eigenvalue weighted by Gasteiger charge is 2.25. The molecule has 1 aromatic carbocycles. The van der Waals surface area contributed by atoms with Gasteiger partial charge in [-0.3, -0.25) is 4.79 Å². The highest BCUT2D eigenvalue weighted by atomic mass is 32.2. The fourth-order valence-electron chi connectivity index (χ4n) is 2.08. The van der Waals surface area contributed by atoms with E-state index in [0.29, 0.717) is 6.42 Å². The van der Waals surface area contributed by atoms with E-state index in [-0.39, 0.29) is 28.4 Å². The quantitative estimate of drug-likeness (QED) is 0.759. The molecule has 1 amide bonds. The van der Waals surface area contributed by atoms with Crippen LogP contribution in [-0.4, -0.2) is 20.9 Å².